The number of amides is 1. The van der Waals surface area contributed by atoms with Crippen LogP contribution in [0.1, 0.15) is 35.7 Å². The summed E-state index contributed by atoms with van der Waals surface area (Å²) in [6.07, 6.45) is 1.35. The maximum Gasteiger partial charge on any atom is 0.227 e. The van der Waals surface area contributed by atoms with Gasteiger partial charge in [0, 0.05) is 31.1 Å². The van der Waals surface area contributed by atoms with Crippen molar-refractivity contribution in [1.82, 2.24) is 9.55 Å². The normalized spacial score (nSPS) is 16.0. The minimum atomic E-state index is 0.0731. The van der Waals surface area contributed by atoms with Gasteiger partial charge in [-0.25, -0.2) is 4.98 Å². The maximum absolute atomic E-state index is 12.9. The Morgan fingerprint density at radius 2 is 1.79 bits per heavy atom. The number of rotatable bonds is 7. The van der Waals surface area contributed by atoms with Gasteiger partial charge < -0.3 is 14.2 Å². The maximum atomic E-state index is 12.9. The van der Waals surface area contributed by atoms with Gasteiger partial charge in [-0.3, -0.25) is 4.79 Å². The molecular formula is C28H29N3O2. The first-order chi connectivity index (χ1) is 16.1. The predicted octanol–water partition coefficient (Wildman–Crippen LogP) is 5.64. The van der Waals surface area contributed by atoms with Gasteiger partial charge >= 0.3 is 0 Å². The fraction of sp³-hybridized carbons (Fsp3) is 0.286. The zero-order chi connectivity index (χ0) is 22.8. The topological polar surface area (TPSA) is 47.4 Å². The van der Waals surface area contributed by atoms with Gasteiger partial charge in [0.1, 0.15) is 11.6 Å². The molecule has 3 aromatic carbocycles. The highest BCUT2D eigenvalue weighted by molar-refractivity contribution is 5.96. The average molecular weight is 440 g/mol. The number of ether oxygens (including phenoxy) is 1. The van der Waals surface area contributed by atoms with Gasteiger partial charge in [-0.05, 0) is 62.2 Å². The zero-order valence-electron chi connectivity index (χ0n) is 19.2. The van der Waals surface area contributed by atoms with E-state index >= 15 is 0 Å². The Bertz CT molecular complexity index is 1280. The molecule has 1 atom stereocenters. The van der Waals surface area contributed by atoms with Crippen LogP contribution in [-0.2, 0) is 11.3 Å². The summed E-state index contributed by atoms with van der Waals surface area (Å²) in [4.78, 5) is 19.7. The highest BCUT2D eigenvalue weighted by atomic mass is 16.5. The van der Waals surface area contributed by atoms with Crippen molar-refractivity contribution in [3.63, 3.8) is 0 Å². The average Bonchev–Trinajstić information content (AvgIpc) is 3.38. The van der Waals surface area contributed by atoms with Gasteiger partial charge in [0.05, 0.1) is 17.6 Å². The van der Waals surface area contributed by atoms with Crippen molar-refractivity contribution in [3.05, 3.63) is 89.7 Å². The molecule has 1 aliphatic rings. The lowest BCUT2D eigenvalue weighted by atomic mass is 10.1. The van der Waals surface area contributed by atoms with Gasteiger partial charge in [-0.2, -0.15) is 0 Å². The second-order valence-electron chi connectivity index (χ2n) is 8.87. The highest BCUT2D eigenvalue weighted by Crippen LogP contribution is 2.33. The third-order valence-electron chi connectivity index (χ3n) is 6.30. The molecule has 1 unspecified atom stereocenters. The van der Waals surface area contributed by atoms with E-state index in [1.807, 2.05) is 47.4 Å². The van der Waals surface area contributed by atoms with E-state index in [9.17, 15) is 4.79 Å². The van der Waals surface area contributed by atoms with Crippen LogP contribution < -0.4 is 9.64 Å². The Balaban J connectivity index is 1.34. The monoisotopic (exact) mass is 439 g/mol. The number of hydrogen-bond acceptors (Lipinski definition) is 3. The molecule has 1 aliphatic heterocycles. The third-order valence-corrected chi connectivity index (χ3v) is 6.30. The van der Waals surface area contributed by atoms with Gasteiger partial charge in [0.15, 0.2) is 0 Å². The lowest BCUT2D eigenvalue weighted by Crippen LogP contribution is -2.24. The summed E-state index contributed by atoms with van der Waals surface area (Å²) in [6.45, 7) is 6.22. The van der Waals surface area contributed by atoms with Gasteiger partial charge in [0.2, 0.25) is 5.91 Å². The third kappa shape index (κ3) is 4.49. The number of carbonyl (C=O) groups is 1. The van der Waals surface area contributed by atoms with Crippen LogP contribution in [0.3, 0.4) is 0 Å². The Morgan fingerprint density at radius 1 is 0.970 bits per heavy atom. The summed E-state index contributed by atoms with van der Waals surface area (Å²) in [7, 11) is 0. The van der Waals surface area contributed by atoms with E-state index in [-0.39, 0.29) is 11.8 Å². The quantitative estimate of drug-likeness (QED) is 0.350. The summed E-state index contributed by atoms with van der Waals surface area (Å²) >= 11 is 0. The van der Waals surface area contributed by atoms with Gasteiger partial charge in [-0.15, -0.1) is 0 Å². The van der Waals surface area contributed by atoms with Crippen LogP contribution in [0, 0.1) is 13.8 Å². The Labute approximate surface area is 194 Å². The fourth-order valence-corrected chi connectivity index (χ4v) is 4.61. The molecular weight excluding hydrogens is 410 g/mol. The molecule has 0 saturated carbocycles. The van der Waals surface area contributed by atoms with Crippen molar-refractivity contribution >= 4 is 22.6 Å². The van der Waals surface area contributed by atoms with E-state index in [1.165, 1.54) is 11.1 Å². The first kappa shape index (κ1) is 21.3. The summed E-state index contributed by atoms with van der Waals surface area (Å²) in [5.74, 6) is 2.13. The molecule has 33 heavy (non-hydrogen) atoms. The van der Waals surface area contributed by atoms with Crippen LogP contribution in [0.2, 0.25) is 0 Å². The summed E-state index contributed by atoms with van der Waals surface area (Å²) < 4.78 is 8.25. The van der Waals surface area contributed by atoms with Crippen molar-refractivity contribution in [2.75, 3.05) is 18.1 Å². The Morgan fingerprint density at radius 3 is 2.61 bits per heavy atom. The molecule has 0 bridgehead atoms. The van der Waals surface area contributed by atoms with E-state index in [4.69, 9.17) is 9.72 Å². The van der Waals surface area contributed by atoms with Gasteiger partial charge in [-0.1, -0.05) is 42.0 Å². The summed E-state index contributed by atoms with van der Waals surface area (Å²) in [5, 5.41) is 0. The van der Waals surface area contributed by atoms with E-state index in [0.717, 1.165) is 41.3 Å². The van der Waals surface area contributed by atoms with E-state index in [2.05, 4.69) is 48.7 Å². The number of nitrogens with zero attached hydrogens (tertiary/aromatic N) is 3. The number of benzene rings is 3. The molecule has 5 rings (SSSR count). The second kappa shape index (κ2) is 9.10. The number of fused-ring (bicyclic) bond motifs is 1. The second-order valence-corrected chi connectivity index (χ2v) is 8.87. The Kier molecular flexibility index (Phi) is 5.86. The predicted molar refractivity (Wildman–Crippen MR) is 132 cm³/mol. The summed E-state index contributed by atoms with van der Waals surface area (Å²) in [6, 6.07) is 24.5. The van der Waals surface area contributed by atoms with E-state index in [0.29, 0.717) is 19.6 Å². The lowest BCUT2D eigenvalue weighted by Gasteiger charge is -2.18. The van der Waals surface area contributed by atoms with Crippen molar-refractivity contribution < 1.29 is 9.53 Å². The van der Waals surface area contributed by atoms with E-state index < -0.39 is 0 Å². The van der Waals surface area contributed by atoms with Crippen LogP contribution in [-0.4, -0.2) is 28.6 Å². The molecule has 0 spiro atoms. The number of anilines is 1. The zero-order valence-corrected chi connectivity index (χ0v) is 19.2. The standard InChI is InChI=1S/C28H29N3O2/c1-20-11-13-23(14-12-20)31-19-22(18-27(31)32)28-29-25-9-3-4-10-26(25)30(28)15-6-16-33-24-8-5-7-21(2)17-24/h3-5,7-14,17,22H,6,15-16,18-19H2,1-2H3. The molecule has 0 radical (unpaired) electrons. The van der Waals surface area contributed by atoms with Crippen molar-refractivity contribution in [2.45, 2.75) is 39.2 Å². The van der Waals surface area contributed by atoms with Crippen LogP contribution in [0.15, 0.2) is 72.8 Å². The Hall–Kier alpha value is -3.60. The van der Waals surface area contributed by atoms with E-state index in [1.54, 1.807) is 0 Å². The highest BCUT2D eigenvalue weighted by Gasteiger charge is 2.34. The fourth-order valence-electron chi connectivity index (χ4n) is 4.61. The number of aromatic nitrogens is 2. The molecule has 1 amide bonds. The number of aryl methyl sites for hydroxylation is 3. The van der Waals surface area contributed by atoms with Crippen LogP contribution in [0.4, 0.5) is 5.69 Å². The minimum Gasteiger partial charge on any atom is -0.494 e. The van der Waals surface area contributed by atoms with Gasteiger partial charge in [0.25, 0.3) is 0 Å². The molecule has 168 valence electrons. The minimum absolute atomic E-state index is 0.0731. The van der Waals surface area contributed by atoms with Crippen molar-refractivity contribution in [1.29, 1.82) is 0 Å². The van der Waals surface area contributed by atoms with Crippen molar-refractivity contribution in [2.24, 2.45) is 0 Å². The first-order valence-corrected chi connectivity index (χ1v) is 11.6. The largest absolute Gasteiger partial charge is 0.494 e. The molecule has 0 aliphatic carbocycles. The number of imidazole rings is 1. The molecule has 1 fully saturated rings. The first-order valence-electron chi connectivity index (χ1n) is 11.6. The molecule has 1 aromatic heterocycles. The molecule has 2 heterocycles. The molecule has 0 N–H and O–H groups in total. The lowest BCUT2D eigenvalue weighted by molar-refractivity contribution is -0.117. The molecule has 1 saturated heterocycles. The van der Waals surface area contributed by atoms with Crippen LogP contribution in [0.25, 0.3) is 11.0 Å². The number of carbonyl (C=O) groups excluding carboxylic acids is 1. The molecule has 4 aromatic rings. The van der Waals surface area contributed by atoms with Crippen LogP contribution >= 0.6 is 0 Å². The van der Waals surface area contributed by atoms with Crippen molar-refractivity contribution in [3.8, 4) is 5.75 Å². The number of hydrogen-bond donors (Lipinski definition) is 0. The summed E-state index contributed by atoms with van der Waals surface area (Å²) in [5.41, 5.74) is 5.44. The molecule has 5 nitrogen and oxygen atoms in total. The smallest absolute Gasteiger partial charge is 0.227 e. The SMILES string of the molecule is Cc1ccc(N2CC(c3nc4ccccc4n3CCCOc3cccc(C)c3)CC2=O)cc1. The molecule has 5 heteroatoms. The number of para-hydroxylation sites is 2. The van der Waals surface area contributed by atoms with Crippen LogP contribution in [0.5, 0.6) is 5.75 Å².